The van der Waals surface area contributed by atoms with E-state index in [-0.39, 0.29) is 23.3 Å². The first kappa shape index (κ1) is 21.0. The van der Waals surface area contributed by atoms with Gasteiger partial charge in [-0.2, -0.15) is 14.6 Å². The Bertz CT molecular complexity index is 1070. The highest BCUT2D eigenvalue weighted by Crippen LogP contribution is 2.30. The molecule has 1 aliphatic rings. The van der Waals surface area contributed by atoms with Gasteiger partial charge in [-0.05, 0) is 38.0 Å². The van der Waals surface area contributed by atoms with E-state index in [1.807, 2.05) is 6.07 Å². The van der Waals surface area contributed by atoms with Crippen molar-refractivity contribution in [2.75, 3.05) is 20.2 Å². The number of alkyl halides is 2. The zero-order valence-electron chi connectivity index (χ0n) is 17.2. The first-order valence-electron chi connectivity index (χ1n) is 10.0. The topological polar surface area (TPSA) is 81.9 Å². The molecule has 0 unspecified atom stereocenters. The van der Waals surface area contributed by atoms with Crippen molar-refractivity contribution in [3.63, 3.8) is 0 Å². The molecule has 1 fully saturated rings. The number of hydrogen-bond acceptors (Lipinski definition) is 6. The van der Waals surface area contributed by atoms with Crippen LogP contribution in [0.1, 0.15) is 43.5 Å². The minimum Gasteiger partial charge on any atom is -0.493 e. The summed E-state index contributed by atoms with van der Waals surface area (Å²) in [6, 6.07) is 8.49. The summed E-state index contributed by atoms with van der Waals surface area (Å²) >= 11 is 0. The van der Waals surface area contributed by atoms with Gasteiger partial charge in [0.25, 0.3) is 18.1 Å². The highest BCUT2D eigenvalue weighted by molar-refractivity contribution is 5.81. The lowest BCUT2D eigenvalue weighted by molar-refractivity contribution is -0.139. The molecule has 4 rings (SSSR count). The summed E-state index contributed by atoms with van der Waals surface area (Å²) in [5.41, 5.74) is 0.237. The summed E-state index contributed by atoms with van der Waals surface area (Å²) in [5, 5.41) is 3.82. The quantitative estimate of drug-likeness (QED) is 0.596. The third-order valence-electron chi connectivity index (χ3n) is 5.39. The number of aromatic nitrogens is 4. The third-order valence-corrected chi connectivity index (χ3v) is 5.39. The number of rotatable bonds is 6. The number of ether oxygens (including phenoxy) is 2. The largest absolute Gasteiger partial charge is 0.493 e. The van der Waals surface area contributed by atoms with Crippen LogP contribution in [-0.4, -0.2) is 56.7 Å². The van der Waals surface area contributed by atoms with Gasteiger partial charge >= 0.3 is 0 Å². The van der Waals surface area contributed by atoms with Gasteiger partial charge in [-0.25, -0.2) is 13.8 Å². The van der Waals surface area contributed by atoms with Crippen molar-refractivity contribution in [1.82, 2.24) is 24.5 Å². The predicted molar refractivity (Wildman–Crippen MR) is 107 cm³/mol. The molecule has 3 heterocycles. The minimum atomic E-state index is -2.71. The number of carbonyl (C=O) groups is 1. The maximum atomic E-state index is 13.5. The van der Waals surface area contributed by atoms with Crippen LogP contribution in [0, 0.1) is 0 Å². The average Bonchev–Trinajstić information content (AvgIpc) is 3.27. The summed E-state index contributed by atoms with van der Waals surface area (Å²) in [6.07, 6.45) is -0.751. The van der Waals surface area contributed by atoms with Gasteiger partial charge in [-0.1, -0.05) is 12.1 Å². The summed E-state index contributed by atoms with van der Waals surface area (Å²) in [5.74, 6) is 0.816. The molecule has 1 saturated heterocycles. The maximum absolute atomic E-state index is 13.5. The van der Waals surface area contributed by atoms with Gasteiger partial charge in [0.05, 0.1) is 12.8 Å². The van der Waals surface area contributed by atoms with E-state index >= 15 is 0 Å². The monoisotopic (exact) mass is 431 g/mol. The average molecular weight is 431 g/mol. The number of nitrogens with zero attached hydrogens (tertiary/aromatic N) is 5. The number of fused-ring (bicyclic) bond motifs is 1. The number of benzene rings is 1. The first-order valence-corrected chi connectivity index (χ1v) is 10.0. The normalized spacial score (nSPS) is 17.7. The number of carbonyl (C=O) groups excluding carboxylic acids is 1. The van der Waals surface area contributed by atoms with Crippen molar-refractivity contribution >= 4 is 11.7 Å². The van der Waals surface area contributed by atoms with E-state index in [9.17, 15) is 13.6 Å². The number of amides is 1. The predicted octanol–water partition coefficient (Wildman–Crippen LogP) is 3.24. The van der Waals surface area contributed by atoms with Crippen LogP contribution in [0.5, 0.6) is 11.5 Å². The summed E-state index contributed by atoms with van der Waals surface area (Å²) in [6.45, 7) is 2.63. The Labute approximate surface area is 177 Å². The molecule has 2 atom stereocenters. The molecule has 31 heavy (non-hydrogen) atoms. The molecule has 3 aromatic rings. The second kappa shape index (κ2) is 8.83. The number of hydrogen-bond donors (Lipinski definition) is 0. The number of halogens is 2. The number of para-hydroxylation sites is 2. The van der Waals surface area contributed by atoms with Gasteiger partial charge in [0.15, 0.2) is 17.6 Å². The molecule has 0 aliphatic carbocycles. The SMILES string of the molecule is COc1ccccc1O[C@@H](C)C(=O)N1CCC[C@@H](c2cc(C(F)F)n3ncnc3n2)C1. The van der Waals surface area contributed by atoms with Crippen LogP contribution in [0.3, 0.4) is 0 Å². The van der Waals surface area contributed by atoms with E-state index in [0.717, 1.165) is 17.4 Å². The minimum absolute atomic E-state index is 0.129. The molecule has 0 N–H and O–H groups in total. The first-order chi connectivity index (χ1) is 15.0. The Balaban J connectivity index is 1.50. The van der Waals surface area contributed by atoms with Crippen LogP contribution in [-0.2, 0) is 4.79 Å². The van der Waals surface area contributed by atoms with Crippen LogP contribution < -0.4 is 9.47 Å². The molecule has 1 aromatic carbocycles. The third kappa shape index (κ3) is 4.28. The number of piperidine rings is 1. The van der Waals surface area contributed by atoms with E-state index in [2.05, 4.69) is 15.1 Å². The van der Waals surface area contributed by atoms with Crippen molar-refractivity contribution in [2.45, 2.75) is 38.2 Å². The lowest BCUT2D eigenvalue weighted by Crippen LogP contribution is -2.45. The van der Waals surface area contributed by atoms with Gasteiger partial charge in [-0.3, -0.25) is 4.79 Å². The van der Waals surface area contributed by atoms with E-state index in [1.54, 1.807) is 30.0 Å². The van der Waals surface area contributed by atoms with Crippen molar-refractivity contribution in [1.29, 1.82) is 0 Å². The molecule has 164 valence electrons. The fourth-order valence-corrected chi connectivity index (χ4v) is 3.85. The lowest BCUT2D eigenvalue weighted by Gasteiger charge is -2.34. The fraction of sp³-hybridized carbons (Fsp3) is 0.429. The Hall–Kier alpha value is -3.30. The summed E-state index contributed by atoms with van der Waals surface area (Å²) in [4.78, 5) is 23.1. The molecule has 1 aliphatic heterocycles. The Kier molecular flexibility index (Phi) is 5.97. The van der Waals surface area contributed by atoms with E-state index in [4.69, 9.17) is 9.47 Å². The van der Waals surface area contributed by atoms with Gasteiger partial charge in [0.2, 0.25) is 0 Å². The van der Waals surface area contributed by atoms with Crippen LogP contribution in [0.25, 0.3) is 5.78 Å². The summed E-state index contributed by atoms with van der Waals surface area (Å²) < 4.78 is 39.1. The highest BCUT2D eigenvalue weighted by atomic mass is 19.3. The molecule has 0 saturated carbocycles. The molecule has 10 heteroatoms. The van der Waals surface area contributed by atoms with Crippen molar-refractivity contribution in [3.05, 3.63) is 48.0 Å². The molecular weight excluding hydrogens is 408 g/mol. The Morgan fingerprint density at radius 2 is 2.03 bits per heavy atom. The number of likely N-dealkylation sites (tertiary alicyclic amines) is 1. The molecule has 0 radical (unpaired) electrons. The van der Waals surface area contributed by atoms with E-state index in [1.165, 1.54) is 19.5 Å². The van der Waals surface area contributed by atoms with Gasteiger partial charge < -0.3 is 14.4 Å². The zero-order chi connectivity index (χ0) is 22.0. The molecule has 8 nitrogen and oxygen atoms in total. The van der Waals surface area contributed by atoms with Crippen molar-refractivity contribution in [3.8, 4) is 11.5 Å². The second-order valence-corrected chi connectivity index (χ2v) is 7.41. The summed E-state index contributed by atoms with van der Waals surface area (Å²) in [7, 11) is 1.54. The molecule has 1 amide bonds. The fourth-order valence-electron chi connectivity index (χ4n) is 3.85. The molecule has 0 bridgehead atoms. The van der Waals surface area contributed by atoms with Crippen LogP contribution in [0.2, 0.25) is 0 Å². The Morgan fingerprint density at radius 1 is 1.26 bits per heavy atom. The molecule has 0 spiro atoms. The molecular formula is C21H23F2N5O3. The lowest BCUT2D eigenvalue weighted by atomic mass is 9.93. The van der Waals surface area contributed by atoms with Gasteiger partial charge in [0, 0.05) is 19.0 Å². The van der Waals surface area contributed by atoms with E-state index in [0.29, 0.717) is 30.3 Å². The number of methoxy groups -OCH3 is 1. The highest BCUT2D eigenvalue weighted by Gasteiger charge is 2.30. The zero-order valence-corrected chi connectivity index (χ0v) is 17.2. The second-order valence-electron chi connectivity index (χ2n) is 7.41. The Morgan fingerprint density at radius 3 is 2.77 bits per heavy atom. The maximum Gasteiger partial charge on any atom is 0.280 e. The van der Waals surface area contributed by atoms with Crippen LogP contribution in [0.4, 0.5) is 8.78 Å². The van der Waals surface area contributed by atoms with Gasteiger partial charge in [0.1, 0.15) is 12.0 Å². The smallest absolute Gasteiger partial charge is 0.280 e. The van der Waals surface area contributed by atoms with Crippen LogP contribution in [0.15, 0.2) is 36.7 Å². The van der Waals surface area contributed by atoms with E-state index < -0.39 is 12.5 Å². The molecule has 2 aromatic heterocycles. The standard InChI is InChI=1S/C21H23F2N5O3/c1-13(31-18-8-4-3-7-17(18)30-2)20(29)27-9-5-6-14(11-27)15-10-16(19(22)23)28-21(26-15)24-12-25-28/h3-4,7-8,10,12-14,19H,5-6,9,11H2,1-2H3/t13-,14+/m0/s1. The van der Waals surface area contributed by atoms with Crippen molar-refractivity contribution < 1.29 is 23.0 Å². The van der Waals surface area contributed by atoms with Crippen LogP contribution >= 0.6 is 0 Å². The van der Waals surface area contributed by atoms with Crippen molar-refractivity contribution in [2.24, 2.45) is 0 Å². The van der Waals surface area contributed by atoms with Gasteiger partial charge in [-0.15, -0.1) is 0 Å².